The molecule has 8 heteroatoms. The fourth-order valence-electron chi connectivity index (χ4n) is 3.69. The smallest absolute Gasteiger partial charge is 0.319 e. The van der Waals surface area contributed by atoms with Crippen LogP contribution in [0.5, 0.6) is 0 Å². The van der Waals surface area contributed by atoms with Crippen molar-refractivity contribution < 1.29 is 18.8 Å². The van der Waals surface area contributed by atoms with Crippen molar-refractivity contribution in [2.24, 2.45) is 0 Å². The summed E-state index contributed by atoms with van der Waals surface area (Å²) in [5.41, 5.74) is 2.54. The number of likely N-dealkylation sites (tertiary alicyclic amines) is 1. The van der Waals surface area contributed by atoms with Crippen LogP contribution in [0.2, 0.25) is 0 Å². The quantitative estimate of drug-likeness (QED) is 0.743. The van der Waals surface area contributed by atoms with E-state index in [1.807, 2.05) is 0 Å². The van der Waals surface area contributed by atoms with E-state index in [0.29, 0.717) is 49.3 Å². The zero-order valence-electron chi connectivity index (χ0n) is 15.7. The van der Waals surface area contributed by atoms with Crippen LogP contribution in [0, 0.1) is 5.82 Å². The summed E-state index contributed by atoms with van der Waals surface area (Å²) in [4.78, 5) is 38.5. The lowest BCUT2D eigenvalue weighted by Gasteiger charge is -2.20. The van der Waals surface area contributed by atoms with Crippen molar-refractivity contribution in [1.82, 2.24) is 15.5 Å². The van der Waals surface area contributed by atoms with E-state index in [1.54, 1.807) is 23.1 Å². The van der Waals surface area contributed by atoms with Gasteiger partial charge in [-0.2, -0.15) is 0 Å². The van der Waals surface area contributed by atoms with Gasteiger partial charge in [0.05, 0.1) is 0 Å². The molecule has 1 unspecified atom stereocenters. The van der Waals surface area contributed by atoms with Crippen LogP contribution in [0.4, 0.5) is 14.9 Å². The molecule has 2 aromatic rings. The maximum atomic E-state index is 12.9. The molecule has 2 aliphatic heterocycles. The molecular formula is C21H21FN4O3. The Balaban J connectivity index is 1.34. The van der Waals surface area contributed by atoms with Crippen molar-refractivity contribution >= 4 is 23.5 Å². The van der Waals surface area contributed by atoms with E-state index in [4.69, 9.17) is 0 Å². The summed E-state index contributed by atoms with van der Waals surface area (Å²) in [7, 11) is 0. The topological polar surface area (TPSA) is 90.5 Å². The summed E-state index contributed by atoms with van der Waals surface area (Å²) in [6.45, 7) is 1.52. The van der Waals surface area contributed by atoms with Gasteiger partial charge in [-0.3, -0.25) is 9.59 Å². The minimum atomic E-state index is -0.393. The molecule has 7 nitrogen and oxygen atoms in total. The Bertz CT molecular complexity index is 961. The van der Waals surface area contributed by atoms with Gasteiger partial charge in [-0.15, -0.1) is 0 Å². The van der Waals surface area contributed by atoms with Crippen LogP contribution < -0.4 is 16.0 Å². The predicted molar refractivity (Wildman–Crippen MR) is 105 cm³/mol. The summed E-state index contributed by atoms with van der Waals surface area (Å²) in [5.74, 6) is -0.589. The number of rotatable bonds is 3. The SMILES string of the molecule is O=C(Nc1ccc(F)cc1)NC1CCN(C(=O)c2ccc3c(c2)CCNC3=O)C1. The summed E-state index contributed by atoms with van der Waals surface area (Å²) in [6.07, 6.45) is 1.35. The van der Waals surface area contributed by atoms with Gasteiger partial charge in [0.15, 0.2) is 0 Å². The van der Waals surface area contributed by atoms with Crippen molar-refractivity contribution in [3.8, 4) is 0 Å². The van der Waals surface area contributed by atoms with E-state index in [-0.39, 0.29) is 23.7 Å². The Kier molecular flexibility index (Phi) is 5.16. The molecule has 150 valence electrons. The molecule has 0 radical (unpaired) electrons. The first kappa shape index (κ1) is 18.9. The minimum Gasteiger partial charge on any atom is -0.352 e. The number of fused-ring (bicyclic) bond motifs is 1. The molecule has 0 spiro atoms. The molecule has 0 aliphatic carbocycles. The third kappa shape index (κ3) is 4.21. The molecular weight excluding hydrogens is 375 g/mol. The van der Waals surface area contributed by atoms with Gasteiger partial charge in [0, 0.05) is 42.5 Å². The highest BCUT2D eigenvalue weighted by atomic mass is 19.1. The van der Waals surface area contributed by atoms with Crippen molar-refractivity contribution in [1.29, 1.82) is 0 Å². The second-order valence-electron chi connectivity index (χ2n) is 7.22. The maximum absolute atomic E-state index is 12.9. The van der Waals surface area contributed by atoms with Crippen LogP contribution in [-0.2, 0) is 6.42 Å². The zero-order chi connectivity index (χ0) is 20.4. The molecule has 2 aromatic carbocycles. The Morgan fingerprint density at radius 1 is 1.14 bits per heavy atom. The average Bonchev–Trinajstić information content (AvgIpc) is 3.17. The summed E-state index contributed by atoms with van der Waals surface area (Å²) in [5, 5.41) is 8.28. The number of anilines is 1. The van der Waals surface area contributed by atoms with Crippen LogP contribution in [0.15, 0.2) is 42.5 Å². The lowest BCUT2D eigenvalue weighted by molar-refractivity contribution is 0.0788. The maximum Gasteiger partial charge on any atom is 0.319 e. The van der Waals surface area contributed by atoms with Crippen LogP contribution in [0.3, 0.4) is 0 Å². The van der Waals surface area contributed by atoms with E-state index in [1.165, 1.54) is 24.3 Å². The molecule has 1 saturated heterocycles. The molecule has 0 bridgehead atoms. The van der Waals surface area contributed by atoms with E-state index in [9.17, 15) is 18.8 Å². The average molecular weight is 396 g/mol. The number of hydrogen-bond donors (Lipinski definition) is 3. The number of nitrogens with one attached hydrogen (secondary N) is 3. The van der Waals surface area contributed by atoms with E-state index >= 15 is 0 Å². The van der Waals surface area contributed by atoms with Gasteiger partial charge < -0.3 is 20.9 Å². The highest BCUT2D eigenvalue weighted by Crippen LogP contribution is 2.19. The van der Waals surface area contributed by atoms with Crippen LogP contribution in [0.25, 0.3) is 0 Å². The van der Waals surface area contributed by atoms with Crippen molar-refractivity contribution in [2.45, 2.75) is 18.9 Å². The minimum absolute atomic E-state index is 0.108. The monoisotopic (exact) mass is 396 g/mol. The highest BCUT2D eigenvalue weighted by molar-refractivity contribution is 6.00. The fourth-order valence-corrected chi connectivity index (χ4v) is 3.69. The summed E-state index contributed by atoms with van der Waals surface area (Å²) in [6, 6.07) is 10.1. The first-order valence-corrected chi connectivity index (χ1v) is 9.53. The number of urea groups is 1. The number of carbonyl (C=O) groups is 3. The molecule has 2 aliphatic rings. The van der Waals surface area contributed by atoms with Gasteiger partial charge in [-0.05, 0) is 60.9 Å². The van der Waals surface area contributed by atoms with Crippen LogP contribution >= 0.6 is 0 Å². The molecule has 3 N–H and O–H groups in total. The Labute approximate surface area is 167 Å². The van der Waals surface area contributed by atoms with Gasteiger partial charge in [-0.25, -0.2) is 9.18 Å². The highest BCUT2D eigenvalue weighted by Gasteiger charge is 2.29. The third-order valence-corrected chi connectivity index (χ3v) is 5.19. The fraction of sp³-hybridized carbons (Fsp3) is 0.286. The molecule has 0 aromatic heterocycles. The van der Waals surface area contributed by atoms with Gasteiger partial charge in [0.25, 0.3) is 11.8 Å². The molecule has 29 heavy (non-hydrogen) atoms. The number of halogens is 1. The Morgan fingerprint density at radius 2 is 1.93 bits per heavy atom. The van der Waals surface area contributed by atoms with Crippen LogP contribution in [0.1, 0.15) is 32.7 Å². The second-order valence-corrected chi connectivity index (χ2v) is 7.22. The molecule has 1 fully saturated rings. The Hall–Kier alpha value is -3.42. The number of carbonyl (C=O) groups excluding carboxylic acids is 3. The number of amides is 4. The molecule has 1 atom stereocenters. The second kappa shape index (κ2) is 7.90. The van der Waals surface area contributed by atoms with Crippen molar-refractivity contribution in [2.75, 3.05) is 25.0 Å². The van der Waals surface area contributed by atoms with Gasteiger partial charge in [-0.1, -0.05) is 0 Å². The molecule has 4 amide bonds. The van der Waals surface area contributed by atoms with E-state index in [0.717, 1.165) is 5.56 Å². The number of benzene rings is 2. The van der Waals surface area contributed by atoms with Gasteiger partial charge >= 0.3 is 6.03 Å². The normalized spacial score (nSPS) is 18.0. The first-order valence-electron chi connectivity index (χ1n) is 9.53. The number of hydrogen-bond acceptors (Lipinski definition) is 3. The van der Waals surface area contributed by atoms with E-state index < -0.39 is 6.03 Å². The van der Waals surface area contributed by atoms with Crippen molar-refractivity contribution in [3.05, 3.63) is 65.0 Å². The third-order valence-electron chi connectivity index (χ3n) is 5.19. The van der Waals surface area contributed by atoms with Crippen LogP contribution in [-0.4, -0.2) is 48.4 Å². The van der Waals surface area contributed by atoms with Crippen molar-refractivity contribution in [3.63, 3.8) is 0 Å². The van der Waals surface area contributed by atoms with E-state index in [2.05, 4.69) is 16.0 Å². The molecule has 0 saturated carbocycles. The predicted octanol–water partition coefficient (Wildman–Crippen LogP) is 2.15. The summed E-state index contributed by atoms with van der Waals surface area (Å²) >= 11 is 0. The first-order chi connectivity index (χ1) is 14.0. The standard InChI is InChI=1S/C21H21FN4O3/c22-15-2-4-16(5-3-15)24-21(29)25-17-8-10-26(12-17)20(28)14-1-6-18-13(11-14)7-9-23-19(18)27/h1-6,11,17H,7-10,12H2,(H,23,27)(H2,24,25,29). The summed E-state index contributed by atoms with van der Waals surface area (Å²) < 4.78 is 12.9. The molecule has 4 rings (SSSR count). The lowest BCUT2D eigenvalue weighted by atomic mass is 9.97. The lowest BCUT2D eigenvalue weighted by Crippen LogP contribution is -2.40. The number of nitrogens with zero attached hydrogens (tertiary/aromatic N) is 1. The zero-order valence-corrected chi connectivity index (χ0v) is 15.7. The van der Waals surface area contributed by atoms with Gasteiger partial charge in [0.2, 0.25) is 0 Å². The van der Waals surface area contributed by atoms with Gasteiger partial charge in [0.1, 0.15) is 5.82 Å². The molecule has 2 heterocycles. The Morgan fingerprint density at radius 3 is 2.72 bits per heavy atom. The largest absolute Gasteiger partial charge is 0.352 e.